The minimum absolute atomic E-state index is 0.0421. The lowest BCUT2D eigenvalue weighted by Gasteiger charge is -2.17. The number of rotatable bonds is 6. The predicted molar refractivity (Wildman–Crippen MR) is 99.7 cm³/mol. The van der Waals surface area contributed by atoms with Crippen LogP contribution in [0.15, 0.2) is 61.2 Å². The maximum Gasteiger partial charge on any atom is 0.407 e. The molecule has 0 spiro atoms. The molecule has 0 aliphatic heterocycles. The average molecular weight is 378 g/mol. The number of ether oxygens (including phenoxy) is 1. The lowest BCUT2D eigenvalue weighted by Crippen LogP contribution is -2.44. The van der Waals surface area contributed by atoms with Crippen molar-refractivity contribution in [3.63, 3.8) is 0 Å². The van der Waals surface area contributed by atoms with Crippen LogP contribution in [0.4, 0.5) is 4.79 Å². The van der Waals surface area contributed by atoms with Crippen molar-refractivity contribution in [1.82, 2.24) is 20.1 Å². The van der Waals surface area contributed by atoms with E-state index in [0.717, 1.165) is 22.3 Å². The summed E-state index contributed by atoms with van der Waals surface area (Å²) in [5.74, 6) is -1.26. The van der Waals surface area contributed by atoms with Gasteiger partial charge in [0.2, 0.25) is 0 Å². The Labute approximate surface area is 160 Å². The fourth-order valence-electron chi connectivity index (χ4n) is 3.48. The van der Waals surface area contributed by atoms with E-state index in [1.54, 1.807) is 0 Å². The number of carbonyl (C=O) groups is 2. The second-order valence-corrected chi connectivity index (χ2v) is 6.48. The summed E-state index contributed by atoms with van der Waals surface area (Å²) in [6.07, 6.45) is 1.90. The van der Waals surface area contributed by atoms with Gasteiger partial charge < -0.3 is 15.2 Å². The van der Waals surface area contributed by atoms with E-state index in [1.165, 1.54) is 17.3 Å². The number of benzene rings is 2. The van der Waals surface area contributed by atoms with Crippen LogP contribution in [0.2, 0.25) is 0 Å². The highest BCUT2D eigenvalue weighted by molar-refractivity contribution is 5.81. The van der Waals surface area contributed by atoms with Crippen molar-refractivity contribution in [3.05, 3.63) is 72.3 Å². The largest absolute Gasteiger partial charge is 0.480 e. The van der Waals surface area contributed by atoms with Crippen LogP contribution in [0, 0.1) is 0 Å². The lowest BCUT2D eigenvalue weighted by molar-refractivity contribution is -0.139. The number of fused-ring (bicyclic) bond motifs is 3. The summed E-state index contributed by atoms with van der Waals surface area (Å²) in [5, 5.41) is 15.6. The van der Waals surface area contributed by atoms with Gasteiger partial charge in [-0.05, 0) is 22.3 Å². The first-order valence-corrected chi connectivity index (χ1v) is 8.80. The number of carboxylic acid groups (broad SMARTS) is 1. The van der Waals surface area contributed by atoms with E-state index in [2.05, 4.69) is 15.4 Å². The summed E-state index contributed by atoms with van der Waals surface area (Å²) in [6, 6.07) is 14.8. The summed E-state index contributed by atoms with van der Waals surface area (Å²) in [5.41, 5.74) is 4.44. The Balaban J connectivity index is 1.44. The normalized spacial score (nSPS) is 13.4. The molecule has 0 saturated heterocycles. The van der Waals surface area contributed by atoms with Gasteiger partial charge in [-0.25, -0.2) is 14.6 Å². The molecule has 1 heterocycles. The molecule has 28 heavy (non-hydrogen) atoms. The molecule has 4 rings (SSSR count). The molecular weight excluding hydrogens is 360 g/mol. The Morgan fingerprint density at radius 1 is 1.11 bits per heavy atom. The van der Waals surface area contributed by atoms with Crippen molar-refractivity contribution < 1.29 is 19.4 Å². The standard InChI is InChI=1S/C20H18N4O4/c25-19(26)18(9-24-12-21-11-22-24)23-20(27)28-10-17-15-7-3-1-5-13(15)14-6-2-4-8-16(14)17/h1-8,11-12,17-18H,9-10H2,(H,23,27)(H,25,26)/t18-/m0/s1. The molecule has 8 nitrogen and oxygen atoms in total. The molecule has 1 aliphatic carbocycles. The lowest BCUT2D eigenvalue weighted by atomic mass is 9.98. The Morgan fingerprint density at radius 3 is 2.32 bits per heavy atom. The Bertz CT molecular complexity index is 957. The zero-order chi connectivity index (χ0) is 19.5. The van der Waals surface area contributed by atoms with Crippen LogP contribution >= 0.6 is 0 Å². The molecule has 142 valence electrons. The second-order valence-electron chi connectivity index (χ2n) is 6.48. The van der Waals surface area contributed by atoms with Crippen LogP contribution in [-0.4, -0.2) is 44.6 Å². The number of carboxylic acids is 1. The zero-order valence-corrected chi connectivity index (χ0v) is 14.9. The van der Waals surface area contributed by atoms with Gasteiger partial charge in [0.1, 0.15) is 25.3 Å². The third-order valence-corrected chi connectivity index (χ3v) is 4.77. The number of amides is 1. The molecule has 1 amide bonds. The number of aromatic nitrogens is 3. The molecule has 0 fully saturated rings. The molecule has 8 heteroatoms. The number of hydrogen-bond acceptors (Lipinski definition) is 5. The van der Waals surface area contributed by atoms with E-state index in [0.29, 0.717) is 0 Å². The molecule has 1 aromatic heterocycles. The zero-order valence-electron chi connectivity index (χ0n) is 14.9. The molecule has 3 aromatic rings. The minimum atomic E-state index is -1.18. The van der Waals surface area contributed by atoms with Gasteiger partial charge in [0.25, 0.3) is 0 Å². The van der Waals surface area contributed by atoms with E-state index < -0.39 is 18.1 Å². The molecule has 2 aromatic carbocycles. The molecule has 0 saturated carbocycles. The first-order valence-electron chi connectivity index (χ1n) is 8.80. The third kappa shape index (κ3) is 3.44. The fraction of sp³-hybridized carbons (Fsp3) is 0.200. The smallest absolute Gasteiger partial charge is 0.407 e. The molecule has 0 radical (unpaired) electrons. The van der Waals surface area contributed by atoms with Crippen LogP contribution in [0.25, 0.3) is 11.1 Å². The number of nitrogens with one attached hydrogen (secondary N) is 1. The maximum atomic E-state index is 12.2. The van der Waals surface area contributed by atoms with Crippen molar-refractivity contribution in [2.24, 2.45) is 0 Å². The van der Waals surface area contributed by atoms with Crippen molar-refractivity contribution in [3.8, 4) is 11.1 Å². The van der Waals surface area contributed by atoms with Gasteiger partial charge in [-0.1, -0.05) is 48.5 Å². The average Bonchev–Trinajstić information content (AvgIpc) is 3.32. The predicted octanol–water partition coefficient (Wildman–Crippen LogP) is 2.27. The molecule has 2 N–H and O–H groups in total. The SMILES string of the molecule is O=C(N[C@@H](Cn1cncn1)C(=O)O)OCC1c2ccccc2-c2ccccc21. The van der Waals surface area contributed by atoms with Gasteiger partial charge >= 0.3 is 12.1 Å². The Morgan fingerprint density at radius 2 is 1.75 bits per heavy atom. The Kier molecular flexibility index (Phi) is 4.76. The van der Waals surface area contributed by atoms with E-state index in [1.807, 2.05) is 48.5 Å². The van der Waals surface area contributed by atoms with Crippen LogP contribution in [0.1, 0.15) is 17.0 Å². The van der Waals surface area contributed by atoms with E-state index in [4.69, 9.17) is 4.74 Å². The minimum Gasteiger partial charge on any atom is -0.480 e. The Hall–Kier alpha value is -3.68. The first-order chi connectivity index (χ1) is 13.6. The summed E-state index contributed by atoms with van der Waals surface area (Å²) in [4.78, 5) is 27.4. The summed E-state index contributed by atoms with van der Waals surface area (Å²) in [6.45, 7) is 0.0784. The number of hydrogen-bond donors (Lipinski definition) is 2. The number of aliphatic carboxylic acids is 1. The van der Waals surface area contributed by atoms with Gasteiger partial charge in [0.05, 0.1) is 6.54 Å². The number of nitrogens with zero attached hydrogens (tertiary/aromatic N) is 3. The highest BCUT2D eigenvalue weighted by atomic mass is 16.5. The van der Waals surface area contributed by atoms with Crippen molar-refractivity contribution in [2.45, 2.75) is 18.5 Å². The van der Waals surface area contributed by atoms with Gasteiger partial charge in [-0.2, -0.15) is 5.10 Å². The van der Waals surface area contributed by atoms with Gasteiger partial charge in [0, 0.05) is 5.92 Å². The topological polar surface area (TPSA) is 106 Å². The van der Waals surface area contributed by atoms with Crippen LogP contribution < -0.4 is 5.32 Å². The van der Waals surface area contributed by atoms with Crippen LogP contribution in [0.5, 0.6) is 0 Å². The van der Waals surface area contributed by atoms with Crippen LogP contribution in [0.3, 0.4) is 0 Å². The summed E-state index contributed by atoms with van der Waals surface area (Å²) < 4.78 is 6.72. The molecule has 1 atom stereocenters. The van der Waals surface area contributed by atoms with E-state index in [9.17, 15) is 14.7 Å². The quantitative estimate of drug-likeness (QED) is 0.682. The third-order valence-electron chi connectivity index (χ3n) is 4.77. The van der Waals surface area contributed by atoms with Crippen molar-refractivity contribution in [2.75, 3.05) is 6.61 Å². The van der Waals surface area contributed by atoms with Crippen LogP contribution in [-0.2, 0) is 16.1 Å². The van der Waals surface area contributed by atoms with E-state index in [-0.39, 0.29) is 19.1 Å². The summed E-state index contributed by atoms with van der Waals surface area (Å²) >= 11 is 0. The fourth-order valence-corrected chi connectivity index (χ4v) is 3.48. The van der Waals surface area contributed by atoms with Crippen molar-refractivity contribution in [1.29, 1.82) is 0 Å². The molecular formula is C20H18N4O4. The van der Waals surface area contributed by atoms with Crippen molar-refractivity contribution >= 4 is 12.1 Å². The monoisotopic (exact) mass is 378 g/mol. The first kappa shape index (κ1) is 17.7. The highest BCUT2D eigenvalue weighted by Gasteiger charge is 2.29. The molecule has 1 aliphatic rings. The number of alkyl carbamates (subject to hydrolysis) is 1. The van der Waals surface area contributed by atoms with Gasteiger partial charge in [-0.3, -0.25) is 4.68 Å². The van der Waals surface area contributed by atoms with Gasteiger partial charge in [-0.15, -0.1) is 0 Å². The second kappa shape index (κ2) is 7.51. The highest BCUT2D eigenvalue weighted by Crippen LogP contribution is 2.44. The van der Waals surface area contributed by atoms with Gasteiger partial charge in [0.15, 0.2) is 0 Å². The molecule has 0 bridgehead atoms. The maximum absolute atomic E-state index is 12.2. The van der Waals surface area contributed by atoms with E-state index >= 15 is 0 Å². The molecule has 0 unspecified atom stereocenters. The number of carbonyl (C=O) groups excluding carboxylic acids is 1. The summed E-state index contributed by atoms with van der Waals surface area (Å²) in [7, 11) is 0.